The molecule has 15 heteroatoms. The number of anilines is 1. The van der Waals surface area contributed by atoms with Crippen molar-refractivity contribution in [3.05, 3.63) is 58.1 Å². The molecule has 6 amide bonds. The number of piperidine rings is 1. The number of aromatic nitrogens is 2. The van der Waals surface area contributed by atoms with Crippen molar-refractivity contribution in [2.24, 2.45) is 5.92 Å². The van der Waals surface area contributed by atoms with Gasteiger partial charge in [0.15, 0.2) is 4.88 Å². The first-order valence-electron chi connectivity index (χ1n) is 14.8. The van der Waals surface area contributed by atoms with E-state index in [1.807, 2.05) is 0 Å². The minimum Gasteiger partial charge on any atom is -0.474 e. The maximum Gasteiger partial charge on any atom is 0.266 e. The van der Waals surface area contributed by atoms with Gasteiger partial charge in [-0.15, -0.1) is 11.3 Å². The lowest BCUT2D eigenvalue weighted by Gasteiger charge is -2.27. The highest BCUT2D eigenvalue weighted by Gasteiger charge is 2.44. The molecule has 6 rings (SSSR count). The number of hydrogen-bond acceptors (Lipinski definition) is 11. The summed E-state index contributed by atoms with van der Waals surface area (Å²) in [6, 6.07) is 6.97. The Labute approximate surface area is 272 Å². The van der Waals surface area contributed by atoms with Gasteiger partial charge in [-0.2, -0.15) is 0 Å². The summed E-state index contributed by atoms with van der Waals surface area (Å²) in [5.74, 6) is 3.59. The molecule has 3 aliphatic rings. The molecule has 0 radical (unpaired) electrons. The molecule has 4 heterocycles. The molecule has 2 aromatic heterocycles. The zero-order valence-electron chi connectivity index (χ0n) is 25.1. The lowest BCUT2D eigenvalue weighted by molar-refractivity contribution is -0.136. The topological polar surface area (TPSA) is 186 Å². The summed E-state index contributed by atoms with van der Waals surface area (Å²) in [6.07, 6.45) is 3.43. The van der Waals surface area contributed by atoms with Crippen LogP contribution in [-0.2, 0) is 19.1 Å². The molecular formula is C32H28N6O8S. The molecule has 3 N–H and O–H groups in total. The van der Waals surface area contributed by atoms with Crippen LogP contribution in [0.25, 0.3) is 10.6 Å². The zero-order valence-corrected chi connectivity index (χ0v) is 25.9. The normalized spacial score (nSPS) is 17.0. The van der Waals surface area contributed by atoms with Gasteiger partial charge >= 0.3 is 0 Å². The molecular weight excluding hydrogens is 628 g/mol. The van der Waals surface area contributed by atoms with Crippen molar-refractivity contribution in [1.29, 1.82) is 0 Å². The Morgan fingerprint density at radius 2 is 1.87 bits per heavy atom. The molecule has 1 atom stereocenters. The van der Waals surface area contributed by atoms with Gasteiger partial charge in [-0.05, 0) is 49.6 Å². The number of nitrogens with one attached hydrogen (secondary N) is 3. The smallest absolute Gasteiger partial charge is 0.266 e. The average molecular weight is 657 g/mol. The highest BCUT2D eigenvalue weighted by atomic mass is 32.1. The maximum absolute atomic E-state index is 13.0. The van der Waals surface area contributed by atoms with Gasteiger partial charge in [-0.3, -0.25) is 39.0 Å². The Morgan fingerprint density at radius 1 is 1.06 bits per heavy atom. The number of benzene rings is 1. The standard InChI is InChI=1S/C32H28N6O8S/c1-33-28(42)25-29(37-30(47-25)19-10-11-34-23(16-19)35-26(40)18-5-6-18)46-14-13-45-12-2-3-17-4-7-20-21(15-17)32(44)38(31(20)43)22-8-9-24(39)36-27(22)41/h4,7,10-11,15-16,18,22H,5-6,8-9,12-14H2,1H3,(H,33,42)(H,34,35,40)(H,36,39,41). The van der Waals surface area contributed by atoms with Gasteiger partial charge in [-0.25, -0.2) is 9.97 Å². The lowest BCUT2D eigenvalue weighted by atomic mass is 10.0. The second-order valence-corrected chi connectivity index (χ2v) is 11.8. The number of amides is 6. The van der Waals surface area contributed by atoms with E-state index in [2.05, 4.69) is 37.8 Å². The number of pyridine rings is 1. The van der Waals surface area contributed by atoms with Gasteiger partial charge in [0, 0.05) is 36.7 Å². The molecule has 2 fully saturated rings. The van der Waals surface area contributed by atoms with Crippen molar-refractivity contribution in [3.63, 3.8) is 0 Å². The van der Waals surface area contributed by atoms with Crippen molar-refractivity contribution in [2.75, 3.05) is 32.2 Å². The summed E-state index contributed by atoms with van der Waals surface area (Å²) in [5.41, 5.74) is 1.46. The second-order valence-electron chi connectivity index (χ2n) is 10.8. The number of carbonyl (C=O) groups excluding carboxylic acids is 6. The molecule has 1 aromatic carbocycles. The summed E-state index contributed by atoms with van der Waals surface area (Å²) in [6.45, 7) is 0.256. The van der Waals surface area contributed by atoms with Crippen LogP contribution in [0.2, 0.25) is 0 Å². The fraction of sp³-hybridized carbons (Fsp3) is 0.312. The van der Waals surface area contributed by atoms with E-state index in [4.69, 9.17) is 9.47 Å². The predicted octanol–water partition coefficient (Wildman–Crippen LogP) is 1.76. The van der Waals surface area contributed by atoms with Crippen LogP contribution >= 0.6 is 11.3 Å². The minimum absolute atomic E-state index is 0.0324. The van der Waals surface area contributed by atoms with E-state index in [0.717, 1.165) is 29.1 Å². The van der Waals surface area contributed by atoms with Crippen molar-refractivity contribution < 1.29 is 38.2 Å². The van der Waals surface area contributed by atoms with Gasteiger partial charge in [0.1, 0.15) is 30.1 Å². The fourth-order valence-electron chi connectivity index (χ4n) is 5.00. The number of hydrogen-bond donors (Lipinski definition) is 3. The first-order valence-corrected chi connectivity index (χ1v) is 15.6. The quantitative estimate of drug-likeness (QED) is 0.165. The van der Waals surface area contributed by atoms with Crippen LogP contribution in [0, 0.1) is 17.8 Å². The minimum atomic E-state index is -1.04. The number of thiazole rings is 1. The van der Waals surface area contributed by atoms with Crippen LogP contribution in [0.1, 0.15) is 61.6 Å². The molecule has 0 spiro atoms. The van der Waals surface area contributed by atoms with E-state index in [9.17, 15) is 28.8 Å². The zero-order chi connectivity index (χ0) is 33.1. The summed E-state index contributed by atoms with van der Waals surface area (Å²) in [7, 11) is 1.51. The van der Waals surface area contributed by atoms with Crippen molar-refractivity contribution in [3.8, 4) is 28.3 Å². The van der Waals surface area contributed by atoms with Gasteiger partial charge in [0.05, 0.1) is 17.7 Å². The fourth-order valence-corrected chi connectivity index (χ4v) is 5.95. The molecule has 14 nitrogen and oxygen atoms in total. The Bertz CT molecular complexity index is 1870. The van der Waals surface area contributed by atoms with Crippen molar-refractivity contribution in [1.82, 2.24) is 25.5 Å². The Morgan fingerprint density at radius 3 is 2.64 bits per heavy atom. The third kappa shape index (κ3) is 6.88. The highest BCUT2D eigenvalue weighted by molar-refractivity contribution is 7.17. The first-order chi connectivity index (χ1) is 22.7. The molecule has 240 valence electrons. The SMILES string of the molecule is CNC(=O)c1sc(-c2ccnc(NC(=O)C3CC3)c2)nc1OCCOCC#Cc1ccc2c(c1)C(=O)N(C1CCC(=O)NC1=O)C2=O. The number of fused-ring (bicyclic) bond motifs is 1. The Balaban J connectivity index is 1.03. The number of nitrogens with zero attached hydrogens (tertiary/aromatic N) is 3. The average Bonchev–Trinajstić information content (AvgIpc) is 3.79. The molecule has 2 aliphatic heterocycles. The molecule has 1 unspecified atom stereocenters. The monoisotopic (exact) mass is 656 g/mol. The summed E-state index contributed by atoms with van der Waals surface area (Å²) in [5, 5.41) is 8.07. The number of ether oxygens (including phenoxy) is 2. The number of imide groups is 2. The van der Waals surface area contributed by atoms with E-state index in [1.54, 1.807) is 24.4 Å². The van der Waals surface area contributed by atoms with E-state index in [0.29, 0.717) is 22.0 Å². The Kier molecular flexibility index (Phi) is 9.05. The first kappa shape index (κ1) is 31.5. The van der Waals surface area contributed by atoms with Crippen LogP contribution in [0.3, 0.4) is 0 Å². The van der Waals surface area contributed by atoms with Gasteiger partial charge < -0.3 is 20.1 Å². The van der Waals surface area contributed by atoms with E-state index in [-0.39, 0.29) is 72.3 Å². The van der Waals surface area contributed by atoms with E-state index >= 15 is 0 Å². The Hall–Kier alpha value is -5.46. The summed E-state index contributed by atoms with van der Waals surface area (Å²) < 4.78 is 11.3. The highest BCUT2D eigenvalue weighted by Crippen LogP contribution is 2.34. The molecule has 0 bridgehead atoms. The molecule has 47 heavy (non-hydrogen) atoms. The van der Waals surface area contributed by atoms with E-state index < -0.39 is 29.7 Å². The number of carbonyl (C=O) groups is 6. The van der Waals surface area contributed by atoms with Crippen LogP contribution in [0.4, 0.5) is 5.82 Å². The summed E-state index contributed by atoms with van der Waals surface area (Å²) >= 11 is 1.14. The number of rotatable bonds is 10. The molecule has 1 aliphatic carbocycles. The van der Waals surface area contributed by atoms with E-state index in [1.165, 1.54) is 19.2 Å². The predicted molar refractivity (Wildman–Crippen MR) is 166 cm³/mol. The summed E-state index contributed by atoms with van der Waals surface area (Å²) in [4.78, 5) is 84.1. The third-order valence-electron chi connectivity index (χ3n) is 7.55. The van der Waals surface area contributed by atoms with Crippen LogP contribution in [0.5, 0.6) is 5.88 Å². The van der Waals surface area contributed by atoms with Crippen molar-refractivity contribution in [2.45, 2.75) is 31.7 Å². The van der Waals surface area contributed by atoms with Crippen LogP contribution in [0.15, 0.2) is 36.5 Å². The van der Waals surface area contributed by atoms with Crippen molar-refractivity contribution >= 4 is 52.6 Å². The van der Waals surface area contributed by atoms with Gasteiger partial charge in [0.2, 0.25) is 23.6 Å². The molecule has 1 saturated heterocycles. The molecule has 3 aromatic rings. The maximum atomic E-state index is 13.0. The van der Waals surface area contributed by atoms with Gasteiger partial charge in [0.25, 0.3) is 17.7 Å². The van der Waals surface area contributed by atoms with Crippen LogP contribution in [-0.4, -0.2) is 83.2 Å². The largest absolute Gasteiger partial charge is 0.474 e. The molecule has 1 saturated carbocycles. The van der Waals surface area contributed by atoms with Crippen LogP contribution < -0.4 is 20.7 Å². The second kappa shape index (κ2) is 13.5. The van der Waals surface area contributed by atoms with Gasteiger partial charge in [-0.1, -0.05) is 11.8 Å². The lowest BCUT2D eigenvalue weighted by Crippen LogP contribution is -2.54. The third-order valence-corrected chi connectivity index (χ3v) is 8.63.